The van der Waals surface area contributed by atoms with Crippen LogP contribution in [0.4, 0.5) is 16.0 Å². The fraction of sp³-hybridized carbons (Fsp3) is 0.227. The predicted octanol–water partition coefficient (Wildman–Crippen LogP) is 4.13. The van der Waals surface area contributed by atoms with Gasteiger partial charge in [0.15, 0.2) is 0 Å². The second-order valence-electron chi connectivity index (χ2n) is 7.02. The first kappa shape index (κ1) is 18.1. The van der Waals surface area contributed by atoms with Gasteiger partial charge in [-0.25, -0.2) is 14.4 Å². The molecular formula is C22H21FN4O. The van der Waals surface area contributed by atoms with E-state index < -0.39 is 0 Å². The van der Waals surface area contributed by atoms with Crippen molar-refractivity contribution in [3.05, 3.63) is 82.9 Å². The molecule has 0 saturated heterocycles. The Labute approximate surface area is 163 Å². The van der Waals surface area contributed by atoms with Crippen molar-refractivity contribution in [2.24, 2.45) is 0 Å². The molecule has 2 heterocycles. The second-order valence-corrected chi connectivity index (χ2v) is 7.02. The SMILES string of the molecule is Cc1cc(C(=O)N2c3ccccc3CC2C)nc(NCc2ccccc2F)n1. The first-order chi connectivity index (χ1) is 13.5. The molecule has 0 fully saturated rings. The number of carbonyl (C=O) groups excluding carboxylic acids is 1. The van der Waals surface area contributed by atoms with E-state index in [4.69, 9.17) is 0 Å². The number of nitrogens with one attached hydrogen (secondary N) is 1. The van der Waals surface area contributed by atoms with Crippen LogP contribution < -0.4 is 10.2 Å². The van der Waals surface area contributed by atoms with Crippen molar-refractivity contribution in [2.45, 2.75) is 32.9 Å². The zero-order valence-corrected chi connectivity index (χ0v) is 15.8. The van der Waals surface area contributed by atoms with Gasteiger partial charge in [0.2, 0.25) is 5.95 Å². The molecule has 0 saturated carbocycles. The maximum absolute atomic E-state index is 13.8. The van der Waals surface area contributed by atoms with Gasteiger partial charge in [0, 0.05) is 29.5 Å². The van der Waals surface area contributed by atoms with E-state index in [0.717, 1.165) is 17.7 Å². The van der Waals surface area contributed by atoms with Crippen LogP contribution in [0.2, 0.25) is 0 Å². The number of halogens is 1. The van der Waals surface area contributed by atoms with Gasteiger partial charge in [0.1, 0.15) is 11.5 Å². The molecular weight excluding hydrogens is 355 g/mol. The zero-order chi connectivity index (χ0) is 19.7. The number of aryl methyl sites for hydroxylation is 1. The standard InChI is InChI=1S/C22H21FN4O/c1-14-11-19(21(28)27-15(2)12-16-7-4-6-10-20(16)27)26-22(25-14)24-13-17-8-3-5-9-18(17)23/h3-11,15H,12-13H2,1-2H3,(H,24,25,26). The molecule has 1 aromatic heterocycles. The fourth-order valence-corrected chi connectivity index (χ4v) is 3.57. The molecule has 1 unspecified atom stereocenters. The summed E-state index contributed by atoms with van der Waals surface area (Å²) in [6, 6.07) is 16.2. The summed E-state index contributed by atoms with van der Waals surface area (Å²) < 4.78 is 13.8. The normalized spacial score (nSPS) is 15.4. The highest BCUT2D eigenvalue weighted by Gasteiger charge is 2.32. The highest BCUT2D eigenvalue weighted by atomic mass is 19.1. The van der Waals surface area contributed by atoms with E-state index in [1.807, 2.05) is 38.1 Å². The van der Waals surface area contributed by atoms with Crippen molar-refractivity contribution in [2.75, 3.05) is 10.2 Å². The number of anilines is 2. The van der Waals surface area contributed by atoms with Gasteiger partial charge in [0.05, 0.1) is 0 Å². The zero-order valence-electron chi connectivity index (χ0n) is 15.8. The van der Waals surface area contributed by atoms with E-state index >= 15 is 0 Å². The summed E-state index contributed by atoms with van der Waals surface area (Å²) in [5, 5.41) is 3.03. The quantitative estimate of drug-likeness (QED) is 0.744. The first-order valence-electron chi connectivity index (χ1n) is 9.27. The van der Waals surface area contributed by atoms with E-state index in [9.17, 15) is 9.18 Å². The molecule has 1 atom stereocenters. The van der Waals surface area contributed by atoms with E-state index in [0.29, 0.717) is 22.9 Å². The second kappa shape index (κ2) is 7.38. The molecule has 0 spiro atoms. The Kier molecular flexibility index (Phi) is 4.77. The molecule has 2 aromatic carbocycles. The summed E-state index contributed by atoms with van der Waals surface area (Å²) in [6.07, 6.45) is 0.824. The van der Waals surface area contributed by atoms with Crippen molar-refractivity contribution in [3.8, 4) is 0 Å². The number of aromatic nitrogens is 2. The smallest absolute Gasteiger partial charge is 0.277 e. The van der Waals surface area contributed by atoms with Gasteiger partial charge in [0.25, 0.3) is 5.91 Å². The lowest BCUT2D eigenvalue weighted by Crippen LogP contribution is -2.36. The Hall–Kier alpha value is -3.28. The third-order valence-electron chi connectivity index (χ3n) is 4.89. The lowest BCUT2D eigenvalue weighted by Gasteiger charge is -2.22. The minimum atomic E-state index is -0.290. The average molecular weight is 376 g/mol. The monoisotopic (exact) mass is 376 g/mol. The number of benzene rings is 2. The largest absolute Gasteiger partial charge is 0.350 e. The number of amides is 1. The average Bonchev–Trinajstić information content (AvgIpc) is 3.02. The van der Waals surface area contributed by atoms with Crippen LogP contribution in [-0.2, 0) is 13.0 Å². The molecule has 142 valence electrons. The molecule has 1 amide bonds. The lowest BCUT2D eigenvalue weighted by molar-refractivity contribution is 0.0976. The number of hydrogen-bond acceptors (Lipinski definition) is 4. The maximum Gasteiger partial charge on any atom is 0.277 e. The first-order valence-corrected chi connectivity index (χ1v) is 9.27. The summed E-state index contributed by atoms with van der Waals surface area (Å²) in [4.78, 5) is 23.7. The molecule has 28 heavy (non-hydrogen) atoms. The molecule has 0 bridgehead atoms. The number of hydrogen-bond donors (Lipinski definition) is 1. The van der Waals surface area contributed by atoms with E-state index in [-0.39, 0.29) is 24.3 Å². The number of para-hydroxylation sites is 1. The third kappa shape index (κ3) is 3.45. The Balaban J connectivity index is 1.59. The van der Waals surface area contributed by atoms with Crippen LogP contribution in [0.1, 0.15) is 34.2 Å². The topological polar surface area (TPSA) is 58.1 Å². The molecule has 6 heteroatoms. The molecule has 1 aliphatic heterocycles. The summed E-state index contributed by atoms with van der Waals surface area (Å²) in [5.74, 6) is -0.134. The van der Waals surface area contributed by atoms with Crippen LogP contribution in [-0.4, -0.2) is 21.9 Å². The number of fused-ring (bicyclic) bond motifs is 1. The summed E-state index contributed by atoms with van der Waals surface area (Å²) >= 11 is 0. The Bertz CT molecular complexity index is 1040. The predicted molar refractivity (Wildman–Crippen MR) is 107 cm³/mol. The number of rotatable bonds is 4. The highest BCUT2D eigenvalue weighted by Crippen LogP contribution is 2.32. The minimum absolute atomic E-state index is 0.0648. The highest BCUT2D eigenvalue weighted by molar-refractivity contribution is 6.06. The minimum Gasteiger partial charge on any atom is -0.350 e. The van der Waals surface area contributed by atoms with E-state index in [2.05, 4.69) is 15.3 Å². The lowest BCUT2D eigenvalue weighted by atomic mass is 10.1. The van der Waals surface area contributed by atoms with Gasteiger partial charge < -0.3 is 10.2 Å². The number of carbonyl (C=O) groups is 1. The number of nitrogens with zero attached hydrogens (tertiary/aromatic N) is 3. The van der Waals surface area contributed by atoms with Crippen molar-refractivity contribution in [3.63, 3.8) is 0 Å². The maximum atomic E-state index is 13.8. The Morgan fingerprint density at radius 2 is 1.93 bits per heavy atom. The van der Waals surface area contributed by atoms with Crippen molar-refractivity contribution in [1.29, 1.82) is 0 Å². The van der Waals surface area contributed by atoms with Crippen molar-refractivity contribution in [1.82, 2.24) is 9.97 Å². The molecule has 4 rings (SSSR count). The summed E-state index contributed by atoms with van der Waals surface area (Å²) in [5.41, 5.74) is 3.60. The summed E-state index contributed by atoms with van der Waals surface area (Å²) in [7, 11) is 0. The molecule has 0 aliphatic carbocycles. The summed E-state index contributed by atoms with van der Waals surface area (Å²) in [6.45, 7) is 4.09. The van der Waals surface area contributed by atoms with Crippen LogP contribution in [0, 0.1) is 12.7 Å². The fourth-order valence-electron chi connectivity index (χ4n) is 3.57. The Morgan fingerprint density at radius 3 is 2.75 bits per heavy atom. The van der Waals surface area contributed by atoms with E-state index in [1.54, 1.807) is 29.2 Å². The van der Waals surface area contributed by atoms with Crippen LogP contribution in [0.25, 0.3) is 0 Å². The van der Waals surface area contributed by atoms with Gasteiger partial charge in [-0.15, -0.1) is 0 Å². The molecule has 1 aliphatic rings. The van der Waals surface area contributed by atoms with Gasteiger partial charge >= 0.3 is 0 Å². The van der Waals surface area contributed by atoms with Crippen molar-refractivity contribution >= 4 is 17.5 Å². The van der Waals surface area contributed by atoms with E-state index in [1.165, 1.54) is 6.07 Å². The van der Waals surface area contributed by atoms with Crippen LogP contribution in [0.3, 0.4) is 0 Å². The molecule has 0 radical (unpaired) electrons. The van der Waals surface area contributed by atoms with Crippen molar-refractivity contribution < 1.29 is 9.18 Å². The van der Waals surface area contributed by atoms with Gasteiger partial charge in [-0.05, 0) is 44.0 Å². The third-order valence-corrected chi connectivity index (χ3v) is 4.89. The molecule has 5 nitrogen and oxygen atoms in total. The van der Waals surface area contributed by atoms with Gasteiger partial charge in [-0.3, -0.25) is 4.79 Å². The van der Waals surface area contributed by atoms with Crippen LogP contribution >= 0.6 is 0 Å². The van der Waals surface area contributed by atoms with Gasteiger partial charge in [-0.1, -0.05) is 36.4 Å². The molecule has 3 aromatic rings. The van der Waals surface area contributed by atoms with Crippen LogP contribution in [0.15, 0.2) is 54.6 Å². The Morgan fingerprint density at radius 1 is 1.18 bits per heavy atom. The molecule has 1 N–H and O–H groups in total. The van der Waals surface area contributed by atoms with Gasteiger partial charge in [-0.2, -0.15) is 0 Å². The van der Waals surface area contributed by atoms with Crippen LogP contribution in [0.5, 0.6) is 0 Å².